The first-order valence-corrected chi connectivity index (χ1v) is 5.72. The minimum atomic E-state index is -0.513. The molecule has 5 nitrogen and oxygen atoms in total. The van der Waals surface area contributed by atoms with Crippen molar-refractivity contribution in [3.8, 4) is 11.5 Å². The predicted octanol–water partition coefficient (Wildman–Crippen LogP) is 2.20. The number of esters is 2. The summed E-state index contributed by atoms with van der Waals surface area (Å²) >= 11 is 0. The van der Waals surface area contributed by atoms with Gasteiger partial charge in [0.15, 0.2) is 11.5 Å². The van der Waals surface area contributed by atoms with E-state index in [1.807, 2.05) is 0 Å². The van der Waals surface area contributed by atoms with Gasteiger partial charge in [-0.2, -0.15) is 0 Å². The van der Waals surface area contributed by atoms with Gasteiger partial charge in [0.05, 0.1) is 19.3 Å². The van der Waals surface area contributed by atoms with Crippen LogP contribution in [0.5, 0.6) is 11.5 Å². The standard InChI is InChI=1S/C14H16O5/c1-5-18-14(16)9(2)11-6-7-12(17-4)13(8-11)19-10(3)15/h6-8H,2,5H2,1,3-4H3. The number of benzene rings is 1. The number of methoxy groups -OCH3 is 1. The van der Waals surface area contributed by atoms with Gasteiger partial charge in [0.2, 0.25) is 0 Å². The molecule has 19 heavy (non-hydrogen) atoms. The molecule has 0 aliphatic rings. The van der Waals surface area contributed by atoms with Crippen LogP contribution in [0.1, 0.15) is 19.4 Å². The lowest BCUT2D eigenvalue weighted by Crippen LogP contribution is -2.07. The van der Waals surface area contributed by atoms with E-state index in [1.165, 1.54) is 20.1 Å². The van der Waals surface area contributed by atoms with Gasteiger partial charge in [-0.05, 0) is 24.6 Å². The van der Waals surface area contributed by atoms with Crippen molar-refractivity contribution in [1.82, 2.24) is 0 Å². The Kier molecular flexibility index (Phi) is 5.11. The third kappa shape index (κ3) is 3.84. The molecule has 0 spiro atoms. The largest absolute Gasteiger partial charge is 0.493 e. The molecule has 0 unspecified atom stereocenters. The molecule has 0 saturated carbocycles. The maximum absolute atomic E-state index is 11.6. The van der Waals surface area contributed by atoms with E-state index in [0.717, 1.165) is 0 Å². The lowest BCUT2D eigenvalue weighted by Gasteiger charge is -2.11. The minimum absolute atomic E-state index is 0.193. The van der Waals surface area contributed by atoms with Gasteiger partial charge < -0.3 is 14.2 Å². The summed E-state index contributed by atoms with van der Waals surface area (Å²) in [6, 6.07) is 4.75. The molecular weight excluding hydrogens is 248 g/mol. The van der Waals surface area contributed by atoms with Gasteiger partial charge in [0.1, 0.15) is 0 Å². The van der Waals surface area contributed by atoms with Gasteiger partial charge in [0, 0.05) is 6.92 Å². The highest BCUT2D eigenvalue weighted by molar-refractivity contribution is 6.15. The Bertz CT molecular complexity index is 505. The molecule has 102 valence electrons. The zero-order valence-corrected chi connectivity index (χ0v) is 11.2. The van der Waals surface area contributed by atoms with Crippen LogP contribution in [0.4, 0.5) is 0 Å². The zero-order valence-electron chi connectivity index (χ0n) is 11.2. The molecule has 0 aliphatic heterocycles. The van der Waals surface area contributed by atoms with Gasteiger partial charge in [-0.3, -0.25) is 4.79 Å². The molecule has 1 rings (SSSR count). The molecule has 0 saturated heterocycles. The molecule has 0 fully saturated rings. The van der Waals surface area contributed by atoms with Crippen molar-refractivity contribution < 1.29 is 23.8 Å². The Morgan fingerprint density at radius 3 is 2.47 bits per heavy atom. The van der Waals surface area contributed by atoms with Gasteiger partial charge in [-0.25, -0.2) is 4.79 Å². The molecular formula is C14H16O5. The topological polar surface area (TPSA) is 61.8 Å². The van der Waals surface area contributed by atoms with E-state index in [4.69, 9.17) is 14.2 Å². The molecule has 0 atom stereocenters. The minimum Gasteiger partial charge on any atom is -0.493 e. The van der Waals surface area contributed by atoms with Gasteiger partial charge in [0.25, 0.3) is 0 Å². The van der Waals surface area contributed by atoms with E-state index in [0.29, 0.717) is 11.3 Å². The van der Waals surface area contributed by atoms with E-state index in [2.05, 4.69) is 6.58 Å². The Balaban J connectivity index is 3.07. The van der Waals surface area contributed by atoms with Crippen LogP contribution in [-0.4, -0.2) is 25.7 Å². The lowest BCUT2D eigenvalue weighted by atomic mass is 10.1. The number of hydrogen-bond acceptors (Lipinski definition) is 5. The third-order valence-corrected chi connectivity index (χ3v) is 2.29. The van der Waals surface area contributed by atoms with Crippen LogP contribution in [0.2, 0.25) is 0 Å². The number of carbonyl (C=O) groups is 2. The number of ether oxygens (including phenoxy) is 3. The van der Waals surface area contributed by atoms with Crippen molar-refractivity contribution in [1.29, 1.82) is 0 Å². The van der Waals surface area contributed by atoms with Crippen molar-refractivity contribution in [2.45, 2.75) is 13.8 Å². The van der Waals surface area contributed by atoms with Crippen LogP contribution in [0, 0.1) is 0 Å². The molecule has 0 aromatic heterocycles. The second kappa shape index (κ2) is 6.58. The first kappa shape index (κ1) is 14.8. The number of rotatable bonds is 5. The highest BCUT2D eigenvalue weighted by Crippen LogP contribution is 2.30. The first-order chi connectivity index (χ1) is 8.99. The van der Waals surface area contributed by atoms with Crippen LogP contribution in [0.3, 0.4) is 0 Å². The Labute approximate surface area is 111 Å². The van der Waals surface area contributed by atoms with E-state index in [1.54, 1.807) is 19.1 Å². The Hall–Kier alpha value is -2.30. The first-order valence-electron chi connectivity index (χ1n) is 5.72. The average Bonchev–Trinajstić information content (AvgIpc) is 2.37. The lowest BCUT2D eigenvalue weighted by molar-refractivity contribution is -0.136. The molecule has 0 bridgehead atoms. The maximum atomic E-state index is 11.6. The molecule has 0 aliphatic carbocycles. The fourth-order valence-electron chi connectivity index (χ4n) is 1.44. The molecule has 0 heterocycles. The molecule has 0 amide bonds. The summed E-state index contributed by atoms with van der Waals surface area (Å²) in [5.41, 5.74) is 0.702. The Morgan fingerprint density at radius 2 is 1.95 bits per heavy atom. The fraction of sp³-hybridized carbons (Fsp3) is 0.286. The van der Waals surface area contributed by atoms with E-state index < -0.39 is 11.9 Å². The van der Waals surface area contributed by atoms with Crippen LogP contribution >= 0.6 is 0 Å². The average molecular weight is 264 g/mol. The van der Waals surface area contributed by atoms with E-state index in [9.17, 15) is 9.59 Å². The van der Waals surface area contributed by atoms with Crippen LogP contribution in [0.15, 0.2) is 24.8 Å². The monoisotopic (exact) mass is 264 g/mol. The Morgan fingerprint density at radius 1 is 1.26 bits per heavy atom. The highest BCUT2D eigenvalue weighted by Gasteiger charge is 2.14. The van der Waals surface area contributed by atoms with Crippen molar-refractivity contribution in [2.75, 3.05) is 13.7 Å². The quantitative estimate of drug-likeness (QED) is 0.463. The molecule has 5 heteroatoms. The summed E-state index contributed by atoms with van der Waals surface area (Å²) in [6.07, 6.45) is 0. The van der Waals surface area contributed by atoms with Crippen LogP contribution in [-0.2, 0) is 14.3 Å². The summed E-state index contributed by atoms with van der Waals surface area (Å²) < 4.78 is 14.9. The maximum Gasteiger partial charge on any atom is 0.338 e. The second-order valence-corrected chi connectivity index (χ2v) is 3.66. The normalized spacial score (nSPS) is 9.63. The summed E-state index contributed by atoms with van der Waals surface area (Å²) in [5, 5.41) is 0. The van der Waals surface area contributed by atoms with Gasteiger partial charge in [-0.1, -0.05) is 12.6 Å². The smallest absolute Gasteiger partial charge is 0.338 e. The molecule has 1 aromatic carbocycles. The number of hydrogen-bond donors (Lipinski definition) is 0. The SMILES string of the molecule is C=C(C(=O)OCC)c1ccc(OC)c(OC(C)=O)c1. The van der Waals surface area contributed by atoms with Crippen molar-refractivity contribution in [2.24, 2.45) is 0 Å². The van der Waals surface area contributed by atoms with Crippen molar-refractivity contribution in [3.63, 3.8) is 0 Å². The number of carbonyl (C=O) groups excluding carboxylic acids is 2. The molecule has 0 radical (unpaired) electrons. The summed E-state index contributed by atoms with van der Waals surface area (Å²) in [6.45, 7) is 6.93. The van der Waals surface area contributed by atoms with Crippen molar-refractivity contribution in [3.05, 3.63) is 30.3 Å². The zero-order chi connectivity index (χ0) is 14.4. The molecule has 0 N–H and O–H groups in total. The van der Waals surface area contributed by atoms with E-state index in [-0.39, 0.29) is 17.9 Å². The van der Waals surface area contributed by atoms with Crippen LogP contribution in [0.25, 0.3) is 5.57 Å². The summed E-state index contributed by atoms with van der Waals surface area (Å²) in [7, 11) is 1.46. The van der Waals surface area contributed by atoms with E-state index >= 15 is 0 Å². The second-order valence-electron chi connectivity index (χ2n) is 3.66. The highest BCUT2D eigenvalue weighted by atomic mass is 16.6. The predicted molar refractivity (Wildman–Crippen MR) is 70.0 cm³/mol. The molecule has 1 aromatic rings. The van der Waals surface area contributed by atoms with Gasteiger partial charge in [-0.15, -0.1) is 0 Å². The fourth-order valence-corrected chi connectivity index (χ4v) is 1.44. The summed E-state index contributed by atoms with van der Waals surface area (Å²) in [4.78, 5) is 22.6. The third-order valence-electron chi connectivity index (χ3n) is 2.29. The summed E-state index contributed by atoms with van der Waals surface area (Å²) in [5.74, 6) is -0.354. The van der Waals surface area contributed by atoms with Crippen molar-refractivity contribution >= 4 is 17.5 Å². The van der Waals surface area contributed by atoms with Gasteiger partial charge >= 0.3 is 11.9 Å². The van der Waals surface area contributed by atoms with Crippen LogP contribution < -0.4 is 9.47 Å².